The van der Waals surface area contributed by atoms with Crippen LogP contribution in [-0.4, -0.2) is 105 Å². The van der Waals surface area contributed by atoms with Crippen LogP contribution in [0.15, 0.2) is 36.9 Å². The fourth-order valence-electron chi connectivity index (χ4n) is 4.04. The third-order valence-corrected chi connectivity index (χ3v) is 5.85. The fourth-order valence-corrected chi connectivity index (χ4v) is 4.04. The van der Waals surface area contributed by atoms with Crippen LogP contribution < -0.4 is 20.7 Å². The van der Waals surface area contributed by atoms with Crippen molar-refractivity contribution in [2.24, 2.45) is 5.73 Å². The number of hydrogen-bond acceptors (Lipinski definition) is 12. The molecule has 0 radical (unpaired) electrons. The SMILES string of the molecule is COc1ccc(C[C@H](N)C(=O)N[C@H]2[C@@H](O)[C@H](n3cnc4c(N(C)C)ncnc43)O[C@@H]2CO)cc1.O=S(=O)(O)O. The van der Waals surface area contributed by atoms with Gasteiger partial charge in [0.1, 0.15) is 24.3 Å². The number of ether oxygens (including phenoxy) is 2. The number of aliphatic hydroxyl groups excluding tert-OH is 2. The van der Waals surface area contributed by atoms with E-state index in [9.17, 15) is 15.0 Å². The Bertz CT molecular complexity index is 1360. The van der Waals surface area contributed by atoms with Gasteiger partial charge in [-0.1, -0.05) is 12.1 Å². The molecular formula is C22H31N7O9S. The highest BCUT2D eigenvalue weighted by Crippen LogP contribution is 2.32. The lowest BCUT2D eigenvalue weighted by molar-refractivity contribution is -0.124. The number of hydrogen-bond donors (Lipinski definition) is 6. The Morgan fingerprint density at radius 2 is 1.87 bits per heavy atom. The molecule has 1 amide bonds. The number of nitrogens with two attached hydrogens (primary N) is 1. The number of amides is 1. The predicted octanol–water partition coefficient (Wildman–Crippen LogP) is -1.45. The molecule has 1 aliphatic heterocycles. The summed E-state index contributed by atoms with van der Waals surface area (Å²) in [6.45, 7) is -0.406. The summed E-state index contributed by atoms with van der Waals surface area (Å²) in [5.41, 5.74) is 7.98. The van der Waals surface area contributed by atoms with Gasteiger partial charge >= 0.3 is 10.4 Å². The molecule has 1 saturated heterocycles. The first-order valence-corrected chi connectivity index (χ1v) is 12.9. The third-order valence-electron chi connectivity index (χ3n) is 5.85. The largest absolute Gasteiger partial charge is 0.497 e. The Morgan fingerprint density at radius 1 is 1.23 bits per heavy atom. The molecule has 3 aromatic rings. The van der Waals surface area contributed by atoms with Crippen LogP contribution in [0.3, 0.4) is 0 Å². The first-order chi connectivity index (χ1) is 18.3. The van der Waals surface area contributed by atoms with E-state index in [0.29, 0.717) is 29.2 Å². The minimum Gasteiger partial charge on any atom is -0.497 e. The number of aliphatic hydroxyl groups is 2. The molecule has 0 spiro atoms. The Kier molecular flexibility index (Phi) is 9.73. The lowest BCUT2D eigenvalue weighted by Gasteiger charge is -2.23. The van der Waals surface area contributed by atoms with Gasteiger partial charge in [-0.15, -0.1) is 0 Å². The van der Waals surface area contributed by atoms with E-state index >= 15 is 0 Å². The van der Waals surface area contributed by atoms with Gasteiger partial charge in [-0.25, -0.2) is 15.0 Å². The molecule has 16 nitrogen and oxygen atoms in total. The quantitative estimate of drug-likeness (QED) is 0.170. The molecule has 7 N–H and O–H groups in total. The smallest absolute Gasteiger partial charge is 0.394 e. The number of anilines is 1. The summed E-state index contributed by atoms with van der Waals surface area (Å²) >= 11 is 0. The number of imidazole rings is 1. The number of aromatic nitrogens is 4. The molecule has 4 rings (SSSR count). The molecule has 1 aromatic carbocycles. The number of benzene rings is 1. The Labute approximate surface area is 224 Å². The number of methoxy groups -OCH3 is 1. The van der Waals surface area contributed by atoms with E-state index in [1.54, 1.807) is 28.7 Å². The van der Waals surface area contributed by atoms with Crippen LogP contribution in [0.1, 0.15) is 11.8 Å². The zero-order valence-corrected chi connectivity index (χ0v) is 22.1. The van der Waals surface area contributed by atoms with Crippen LogP contribution in [0.2, 0.25) is 0 Å². The van der Waals surface area contributed by atoms with Crippen molar-refractivity contribution in [3.05, 3.63) is 42.5 Å². The number of carbonyl (C=O) groups excluding carboxylic acids is 1. The third kappa shape index (κ3) is 7.57. The zero-order chi connectivity index (χ0) is 28.9. The predicted molar refractivity (Wildman–Crippen MR) is 137 cm³/mol. The molecule has 17 heteroatoms. The highest BCUT2D eigenvalue weighted by Gasteiger charge is 2.46. The summed E-state index contributed by atoms with van der Waals surface area (Å²) in [5.74, 6) is 0.861. The van der Waals surface area contributed by atoms with E-state index < -0.39 is 53.4 Å². The van der Waals surface area contributed by atoms with Gasteiger partial charge < -0.3 is 35.6 Å². The average molecular weight is 570 g/mol. The Hall–Kier alpha value is -3.45. The van der Waals surface area contributed by atoms with Gasteiger partial charge in [0.25, 0.3) is 0 Å². The second-order valence-corrected chi connectivity index (χ2v) is 9.69. The number of fused-ring (bicyclic) bond motifs is 1. The second-order valence-electron chi connectivity index (χ2n) is 8.79. The number of nitrogens with one attached hydrogen (secondary N) is 1. The van der Waals surface area contributed by atoms with E-state index in [4.69, 9.17) is 32.7 Å². The number of nitrogens with zero attached hydrogens (tertiary/aromatic N) is 5. The molecule has 1 fully saturated rings. The molecule has 1 aliphatic rings. The minimum atomic E-state index is -4.67. The topological polar surface area (TPSA) is 235 Å². The van der Waals surface area contributed by atoms with E-state index in [1.165, 1.54) is 12.7 Å². The van der Waals surface area contributed by atoms with Crippen molar-refractivity contribution >= 4 is 33.3 Å². The lowest BCUT2D eigenvalue weighted by Crippen LogP contribution is -2.53. The number of carbonyl (C=O) groups is 1. The maximum absolute atomic E-state index is 12.8. The van der Waals surface area contributed by atoms with Gasteiger partial charge in [0.15, 0.2) is 23.2 Å². The standard InChI is InChI=1S/C22H29N7O5.H2O4S/c1-28(2)19-17-20(25-10-24-19)29(11-26-17)22-18(31)16(15(9-30)34-22)27-21(32)14(23)8-12-4-6-13(33-3)7-5-12;1-5(2,3)4/h4-7,10-11,14-16,18,22,30-31H,8-9,23H2,1-3H3,(H,27,32);(H2,1,2,3,4)/t14-,15+,16+,18+,22+;/m0./s1. The fraction of sp³-hybridized carbons (Fsp3) is 0.455. The van der Waals surface area contributed by atoms with Crippen molar-refractivity contribution in [2.45, 2.75) is 36.9 Å². The van der Waals surface area contributed by atoms with Crippen molar-refractivity contribution in [1.82, 2.24) is 24.8 Å². The average Bonchev–Trinajstić information content (AvgIpc) is 3.44. The van der Waals surface area contributed by atoms with E-state index in [-0.39, 0.29) is 0 Å². The van der Waals surface area contributed by atoms with Gasteiger partial charge in [0, 0.05) is 14.1 Å². The molecule has 214 valence electrons. The van der Waals surface area contributed by atoms with Crippen molar-refractivity contribution in [3.8, 4) is 5.75 Å². The van der Waals surface area contributed by atoms with Gasteiger partial charge in [-0.2, -0.15) is 8.42 Å². The highest BCUT2D eigenvalue weighted by atomic mass is 32.3. The minimum absolute atomic E-state index is 0.295. The molecule has 0 bridgehead atoms. The van der Waals surface area contributed by atoms with Crippen molar-refractivity contribution in [2.75, 3.05) is 32.7 Å². The maximum atomic E-state index is 12.8. The first kappa shape index (κ1) is 30.1. The van der Waals surface area contributed by atoms with Gasteiger partial charge in [-0.05, 0) is 24.1 Å². The summed E-state index contributed by atoms with van der Waals surface area (Å²) in [7, 11) is 0.587. The molecule has 5 atom stereocenters. The Morgan fingerprint density at radius 3 is 2.44 bits per heavy atom. The number of rotatable bonds is 8. The van der Waals surface area contributed by atoms with Crippen molar-refractivity contribution in [1.29, 1.82) is 0 Å². The lowest BCUT2D eigenvalue weighted by atomic mass is 10.0. The maximum Gasteiger partial charge on any atom is 0.394 e. The van der Waals surface area contributed by atoms with Gasteiger partial charge in [0.05, 0.1) is 32.1 Å². The molecule has 0 saturated carbocycles. The Balaban J connectivity index is 0.000000771. The summed E-state index contributed by atoms with van der Waals surface area (Å²) in [5, 5.41) is 23.6. The van der Waals surface area contributed by atoms with Crippen LogP contribution in [0.25, 0.3) is 11.2 Å². The summed E-state index contributed by atoms with van der Waals surface area (Å²) in [6.07, 6.45) is 0.250. The molecule has 3 heterocycles. The van der Waals surface area contributed by atoms with Crippen LogP contribution in [0.4, 0.5) is 5.82 Å². The van der Waals surface area contributed by atoms with Gasteiger partial charge in [-0.3, -0.25) is 18.5 Å². The summed E-state index contributed by atoms with van der Waals surface area (Å²) in [6, 6.07) is 5.52. The highest BCUT2D eigenvalue weighted by molar-refractivity contribution is 7.79. The normalized spacial score (nSPS) is 21.6. The van der Waals surface area contributed by atoms with E-state index in [0.717, 1.165) is 5.56 Å². The van der Waals surface area contributed by atoms with Crippen LogP contribution >= 0.6 is 0 Å². The van der Waals surface area contributed by atoms with Crippen LogP contribution in [0.5, 0.6) is 5.75 Å². The van der Waals surface area contributed by atoms with Crippen LogP contribution in [-0.2, 0) is 26.4 Å². The molecule has 0 aliphatic carbocycles. The van der Waals surface area contributed by atoms with E-state index in [2.05, 4.69) is 20.3 Å². The zero-order valence-electron chi connectivity index (χ0n) is 21.3. The van der Waals surface area contributed by atoms with Crippen molar-refractivity contribution in [3.63, 3.8) is 0 Å². The molecular weight excluding hydrogens is 538 g/mol. The van der Waals surface area contributed by atoms with E-state index in [1.807, 2.05) is 26.2 Å². The first-order valence-electron chi connectivity index (χ1n) is 11.5. The van der Waals surface area contributed by atoms with Gasteiger partial charge in [0.2, 0.25) is 5.91 Å². The monoisotopic (exact) mass is 569 g/mol. The second kappa shape index (κ2) is 12.6. The molecule has 2 aromatic heterocycles. The molecule has 0 unspecified atom stereocenters. The van der Waals surface area contributed by atoms with Crippen LogP contribution in [0, 0.1) is 0 Å². The summed E-state index contributed by atoms with van der Waals surface area (Å²) in [4.78, 5) is 27.5. The summed E-state index contributed by atoms with van der Waals surface area (Å²) < 4.78 is 44.2. The van der Waals surface area contributed by atoms with Crippen molar-refractivity contribution < 1.29 is 42.0 Å². The molecule has 39 heavy (non-hydrogen) atoms.